The molecule has 3 rings (SSSR count). The number of hydrogen-bond donors (Lipinski definition) is 0. The third-order valence-electron chi connectivity index (χ3n) is 4.93. The number of rotatable bonds is 8. The lowest BCUT2D eigenvalue weighted by atomic mass is 10.0. The molecule has 152 valence electrons. The first-order chi connectivity index (χ1) is 13.6. The Morgan fingerprint density at radius 3 is 2.79 bits per heavy atom. The molecule has 1 aliphatic rings. The molecular weight excluding hydrogens is 358 g/mol. The number of carbonyl (C=O) groups excluding carboxylic acids is 1. The van der Waals surface area contributed by atoms with Gasteiger partial charge < -0.3 is 23.8 Å². The zero-order valence-corrected chi connectivity index (χ0v) is 16.9. The third kappa shape index (κ3) is 4.91. The lowest BCUT2D eigenvalue weighted by molar-refractivity contribution is -0.129. The molecule has 1 fully saturated rings. The molecule has 2 heterocycles. The van der Waals surface area contributed by atoms with Crippen molar-refractivity contribution in [2.45, 2.75) is 26.8 Å². The third-order valence-corrected chi connectivity index (χ3v) is 4.93. The van der Waals surface area contributed by atoms with Gasteiger partial charge in [-0.3, -0.25) is 4.79 Å². The van der Waals surface area contributed by atoms with E-state index < -0.39 is 0 Å². The summed E-state index contributed by atoms with van der Waals surface area (Å²) in [7, 11) is 1.67. The van der Waals surface area contributed by atoms with Crippen LogP contribution in [0.5, 0.6) is 0 Å². The van der Waals surface area contributed by atoms with Gasteiger partial charge in [0.2, 0.25) is 11.8 Å². The molecule has 0 saturated carbocycles. The van der Waals surface area contributed by atoms with E-state index in [0.717, 1.165) is 47.8 Å². The van der Waals surface area contributed by atoms with Crippen molar-refractivity contribution in [2.75, 3.05) is 51.5 Å². The smallest absolute Gasteiger partial charge is 0.233 e. The molecule has 1 amide bonds. The van der Waals surface area contributed by atoms with Gasteiger partial charge in [0.15, 0.2) is 0 Å². The molecular formula is C21H29N3O4. The van der Waals surface area contributed by atoms with Gasteiger partial charge in [0.05, 0.1) is 25.3 Å². The highest BCUT2D eigenvalue weighted by molar-refractivity contribution is 5.75. The van der Waals surface area contributed by atoms with Crippen LogP contribution >= 0.6 is 0 Å². The minimum absolute atomic E-state index is 0.0282. The summed E-state index contributed by atoms with van der Waals surface area (Å²) in [5.41, 5.74) is 3.89. The Balaban J connectivity index is 1.94. The maximum atomic E-state index is 12.3. The van der Waals surface area contributed by atoms with Crippen LogP contribution in [0.25, 0.3) is 11.3 Å². The predicted octanol–water partition coefficient (Wildman–Crippen LogP) is 2.87. The topological polar surface area (TPSA) is 68.0 Å². The molecule has 28 heavy (non-hydrogen) atoms. The quantitative estimate of drug-likeness (QED) is 0.649. The Hall–Kier alpha value is -2.38. The number of amides is 1. The number of morpholine rings is 1. The SMILES string of the molecule is COCCCN(Cc1c(-c2cccc(C)c2)noc1N1CCOCC1)C(C)=O. The van der Waals surface area contributed by atoms with Crippen LogP contribution < -0.4 is 4.90 Å². The highest BCUT2D eigenvalue weighted by Gasteiger charge is 2.26. The summed E-state index contributed by atoms with van der Waals surface area (Å²) in [6.45, 7) is 8.17. The van der Waals surface area contributed by atoms with Gasteiger partial charge in [-0.15, -0.1) is 0 Å². The minimum atomic E-state index is 0.0282. The molecule has 0 atom stereocenters. The summed E-state index contributed by atoms with van der Waals surface area (Å²) in [5, 5.41) is 4.39. The van der Waals surface area contributed by atoms with Gasteiger partial charge >= 0.3 is 0 Å². The maximum Gasteiger partial charge on any atom is 0.233 e. The van der Waals surface area contributed by atoms with E-state index in [-0.39, 0.29) is 5.91 Å². The number of ether oxygens (including phenoxy) is 2. The standard InChI is InChI=1S/C21H29N3O4/c1-16-6-4-7-18(14-16)20-19(15-24(17(2)25)8-5-11-26-3)21(28-22-20)23-9-12-27-13-10-23/h4,6-7,14H,5,8-13,15H2,1-3H3. The first-order valence-electron chi connectivity index (χ1n) is 9.73. The molecule has 1 aliphatic heterocycles. The summed E-state index contributed by atoms with van der Waals surface area (Å²) in [4.78, 5) is 16.2. The van der Waals surface area contributed by atoms with Crippen molar-refractivity contribution in [1.82, 2.24) is 10.1 Å². The van der Waals surface area contributed by atoms with Crippen molar-refractivity contribution >= 4 is 11.8 Å². The fourth-order valence-electron chi connectivity index (χ4n) is 3.42. The predicted molar refractivity (Wildman–Crippen MR) is 107 cm³/mol. The van der Waals surface area contributed by atoms with E-state index in [4.69, 9.17) is 14.0 Å². The molecule has 1 aromatic carbocycles. The van der Waals surface area contributed by atoms with E-state index in [1.807, 2.05) is 17.0 Å². The van der Waals surface area contributed by atoms with E-state index >= 15 is 0 Å². The molecule has 2 aromatic rings. The lowest BCUT2D eigenvalue weighted by Gasteiger charge is -2.28. The highest BCUT2D eigenvalue weighted by Crippen LogP contribution is 2.33. The number of anilines is 1. The maximum absolute atomic E-state index is 12.3. The van der Waals surface area contributed by atoms with Gasteiger partial charge in [-0.25, -0.2) is 0 Å². The van der Waals surface area contributed by atoms with Gasteiger partial charge in [-0.05, 0) is 19.4 Å². The normalized spacial score (nSPS) is 14.3. The monoisotopic (exact) mass is 387 g/mol. The van der Waals surface area contributed by atoms with E-state index in [0.29, 0.717) is 32.9 Å². The average Bonchev–Trinajstić information content (AvgIpc) is 3.11. The Labute approximate surface area is 166 Å². The summed E-state index contributed by atoms with van der Waals surface area (Å²) < 4.78 is 16.4. The number of benzene rings is 1. The Morgan fingerprint density at radius 1 is 1.32 bits per heavy atom. The van der Waals surface area contributed by atoms with E-state index in [1.54, 1.807) is 14.0 Å². The number of aryl methyl sites for hydroxylation is 1. The fourth-order valence-corrected chi connectivity index (χ4v) is 3.42. The molecule has 7 nitrogen and oxygen atoms in total. The molecule has 0 N–H and O–H groups in total. The van der Waals surface area contributed by atoms with E-state index in [9.17, 15) is 4.79 Å². The fraction of sp³-hybridized carbons (Fsp3) is 0.524. The van der Waals surface area contributed by atoms with Crippen molar-refractivity contribution < 1.29 is 18.8 Å². The van der Waals surface area contributed by atoms with Crippen LogP contribution in [0.15, 0.2) is 28.8 Å². The summed E-state index contributed by atoms with van der Waals surface area (Å²) in [6.07, 6.45) is 0.786. The van der Waals surface area contributed by atoms with Crippen LogP contribution in [0.2, 0.25) is 0 Å². The van der Waals surface area contributed by atoms with Crippen LogP contribution in [0.1, 0.15) is 24.5 Å². The molecule has 0 aliphatic carbocycles. The van der Waals surface area contributed by atoms with Crippen LogP contribution in [-0.2, 0) is 20.8 Å². The van der Waals surface area contributed by atoms with Crippen LogP contribution in [0.3, 0.4) is 0 Å². The second-order valence-electron chi connectivity index (χ2n) is 7.07. The molecule has 7 heteroatoms. The molecule has 0 bridgehead atoms. The Kier molecular flexibility index (Phi) is 7.06. The van der Waals surface area contributed by atoms with Crippen molar-refractivity contribution in [3.05, 3.63) is 35.4 Å². The van der Waals surface area contributed by atoms with Crippen molar-refractivity contribution in [3.8, 4) is 11.3 Å². The number of carbonyl (C=O) groups is 1. The molecule has 1 aromatic heterocycles. The summed E-state index contributed by atoms with van der Waals surface area (Å²) in [6, 6.07) is 8.19. The van der Waals surface area contributed by atoms with Gasteiger partial charge in [0.25, 0.3) is 0 Å². The van der Waals surface area contributed by atoms with Crippen LogP contribution in [0.4, 0.5) is 5.88 Å². The lowest BCUT2D eigenvalue weighted by Crippen LogP contribution is -2.37. The van der Waals surface area contributed by atoms with E-state index in [1.165, 1.54) is 0 Å². The first-order valence-corrected chi connectivity index (χ1v) is 9.73. The number of aromatic nitrogens is 1. The van der Waals surface area contributed by atoms with Gasteiger partial charge in [-0.2, -0.15) is 0 Å². The number of hydrogen-bond acceptors (Lipinski definition) is 6. The molecule has 0 spiro atoms. The zero-order chi connectivity index (χ0) is 19.9. The van der Waals surface area contributed by atoms with Crippen molar-refractivity contribution in [1.29, 1.82) is 0 Å². The van der Waals surface area contributed by atoms with Crippen LogP contribution in [-0.4, -0.2) is 62.5 Å². The highest BCUT2D eigenvalue weighted by atomic mass is 16.5. The Bertz CT molecular complexity index is 784. The number of methoxy groups -OCH3 is 1. The van der Waals surface area contributed by atoms with E-state index in [2.05, 4.69) is 29.1 Å². The van der Waals surface area contributed by atoms with Gasteiger partial charge in [0, 0.05) is 45.8 Å². The molecule has 0 radical (unpaired) electrons. The second-order valence-corrected chi connectivity index (χ2v) is 7.07. The van der Waals surface area contributed by atoms with Crippen LogP contribution in [0, 0.1) is 6.92 Å². The number of nitrogens with zero attached hydrogens (tertiary/aromatic N) is 3. The summed E-state index contributed by atoms with van der Waals surface area (Å²) >= 11 is 0. The van der Waals surface area contributed by atoms with Gasteiger partial charge in [-0.1, -0.05) is 28.9 Å². The summed E-state index contributed by atoms with van der Waals surface area (Å²) in [5.74, 6) is 0.762. The second kappa shape index (κ2) is 9.71. The molecule has 1 saturated heterocycles. The van der Waals surface area contributed by atoms with Crippen molar-refractivity contribution in [3.63, 3.8) is 0 Å². The Morgan fingerprint density at radius 2 is 2.11 bits per heavy atom. The first kappa shape index (κ1) is 20.4. The van der Waals surface area contributed by atoms with Gasteiger partial charge in [0.1, 0.15) is 5.69 Å². The average molecular weight is 387 g/mol. The minimum Gasteiger partial charge on any atom is -0.385 e. The largest absolute Gasteiger partial charge is 0.385 e. The zero-order valence-electron chi connectivity index (χ0n) is 16.9. The van der Waals surface area contributed by atoms with Crippen molar-refractivity contribution in [2.24, 2.45) is 0 Å². The molecule has 0 unspecified atom stereocenters.